The quantitative estimate of drug-likeness (QED) is 0.207. The lowest BCUT2D eigenvalue weighted by Crippen LogP contribution is -2.64. The molecule has 3 fully saturated rings. The minimum absolute atomic E-state index is 0.00142. The van der Waals surface area contributed by atoms with E-state index in [4.69, 9.17) is 23.7 Å². The van der Waals surface area contributed by atoms with Crippen LogP contribution in [0, 0.1) is 29.6 Å². The number of hydrogen-bond donors (Lipinski definition) is 3. The Kier molecular flexibility index (Phi) is 16.2. The topological polar surface area (TPSA) is 178 Å². The summed E-state index contributed by atoms with van der Waals surface area (Å²) >= 11 is 0. The number of amides is 1. The first-order valence-electron chi connectivity index (χ1n) is 20.2. The number of carbonyl (C=O) groups excluding carboxylic acids is 4. The van der Waals surface area contributed by atoms with Gasteiger partial charge >= 0.3 is 5.97 Å². The number of methoxy groups -OCH3 is 3. The smallest absolute Gasteiger partial charge is 0.329 e. The van der Waals surface area contributed by atoms with E-state index in [9.17, 15) is 34.5 Å². The Morgan fingerprint density at radius 1 is 0.873 bits per heavy atom. The average molecular weight is 778 g/mol. The molecule has 55 heavy (non-hydrogen) atoms. The Hall–Kier alpha value is -2.52. The first-order valence-corrected chi connectivity index (χ1v) is 20.2. The number of ether oxygens (including phenoxy) is 5. The predicted octanol–water partition coefficient (Wildman–Crippen LogP) is 4.08. The number of aliphatic hydroxyl groups excluding tert-OH is 2. The van der Waals surface area contributed by atoms with Crippen molar-refractivity contribution in [2.75, 3.05) is 27.9 Å². The number of aliphatic hydroxyl groups is 3. The van der Waals surface area contributed by atoms with Gasteiger partial charge < -0.3 is 43.9 Å². The van der Waals surface area contributed by atoms with Crippen molar-refractivity contribution < 1.29 is 58.2 Å². The zero-order chi connectivity index (χ0) is 40.8. The van der Waals surface area contributed by atoms with Crippen molar-refractivity contribution in [2.24, 2.45) is 29.6 Å². The summed E-state index contributed by atoms with van der Waals surface area (Å²) in [5.41, 5.74) is 1.64. The third-order valence-corrected chi connectivity index (χ3v) is 12.6. The third-order valence-electron chi connectivity index (χ3n) is 12.6. The molecule has 2 bridgehead atoms. The summed E-state index contributed by atoms with van der Waals surface area (Å²) in [6, 6.07) is -1.13. The molecule has 0 aromatic heterocycles. The molecule has 312 valence electrons. The lowest BCUT2D eigenvalue weighted by molar-refractivity contribution is -0.302. The zero-order valence-electron chi connectivity index (χ0n) is 34.4. The summed E-state index contributed by atoms with van der Waals surface area (Å²) in [7, 11) is 4.62. The molecule has 4 aliphatic rings. The van der Waals surface area contributed by atoms with Crippen LogP contribution in [0.3, 0.4) is 0 Å². The largest absolute Gasteiger partial charge is 0.456 e. The summed E-state index contributed by atoms with van der Waals surface area (Å²) in [6.45, 7) is 11.1. The van der Waals surface area contributed by atoms with Crippen molar-refractivity contribution in [1.82, 2.24) is 4.90 Å². The summed E-state index contributed by atoms with van der Waals surface area (Å²) in [5.74, 6) is -7.59. The van der Waals surface area contributed by atoms with Gasteiger partial charge in [-0.15, -0.1) is 0 Å². The zero-order valence-corrected chi connectivity index (χ0v) is 34.4. The lowest BCUT2D eigenvalue weighted by atomic mass is 9.82. The van der Waals surface area contributed by atoms with E-state index in [1.54, 1.807) is 27.9 Å². The predicted molar refractivity (Wildman–Crippen MR) is 203 cm³/mol. The molecule has 2 saturated heterocycles. The Bertz CT molecular complexity index is 1410. The number of nitrogens with zero attached hydrogens (tertiary/aromatic N) is 1. The molecule has 1 aliphatic carbocycles. The number of rotatable bonds is 5. The molecule has 0 radical (unpaired) electrons. The fourth-order valence-corrected chi connectivity index (χ4v) is 9.16. The Labute approximate surface area is 327 Å². The van der Waals surface area contributed by atoms with Crippen LogP contribution in [0.15, 0.2) is 23.3 Å². The molecule has 3 heterocycles. The maximum atomic E-state index is 14.2. The van der Waals surface area contributed by atoms with Gasteiger partial charge in [-0.1, -0.05) is 45.4 Å². The van der Waals surface area contributed by atoms with Crippen molar-refractivity contribution in [3.8, 4) is 0 Å². The summed E-state index contributed by atoms with van der Waals surface area (Å²) in [4.78, 5) is 57.3. The van der Waals surface area contributed by atoms with E-state index in [2.05, 4.69) is 0 Å². The van der Waals surface area contributed by atoms with Gasteiger partial charge in [0.05, 0.1) is 30.5 Å². The van der Waals surface area contributed by atoms with Crippen LogP contribution in [0.4, 0.5) is 0 Å². The Morgan fingerprint density at radius 3 is 2.18 bits per heavy atom. The second kappa shape index (κ2) is 19.8. The molecular formula is C42H67NO12. The Balaban J connectivity index is 1.75. The van der Waals surface area contributed by atoms with E-state index in [1.165, 1.54) is 19.1 Å². The van der Waals surface area contributed by atoms with Crippen molar-refractivity contribution in [2.45, 2.75) is 160 Å². The number of esters is 1. The number of fused-ring (bicyclic) bond motifs is 3. The summed E-state index contributed by atoms with van der Waals surface area (Å²) < 4.78 is 29.6. The fraction of sp³-hybridized carbons (Fsp3) is 0.810. The first-order chi connectivity index (χ1) is 25.9. The van der Waals surface area contributed by atoms with E-state index >= 15 is 0 Å². The molecule has 13 nitrogen and oxygen atoms in total. The van der Waals surface area contributed by atoms with E-state index in [0.717, 1.165) is 5.57 Å². The second-order valence-electron chi connectivity index (χ2n) is 16.9. The SMILES string of the molecule is CO[C@H]1C[C@@H](C)C/C(C)=C/[C@@H](C)C(=O)C[C@H](O)[C@@H](C)[C@@H](/C(C)=C/C2CC[C@@H](O)[C@H](OC)C2)OC(=O)[C@@H]2CCCCN2C(=O)C(=O)[C@]2(O)O[C@H]1[C@@H](OC)C[C@H]2C. The summed E-state index contributed by atoms with van der Waals surface area (Å²) in [6.07, 6.45) is 3.09. The Morgan fingerprint density at radius 2 is 1.53 bits per heavy atom. The van der Waals surface area contributed by atoms with Gasteiger partial charge in [0.2, 0.25) is 5.79 Å². The first kappa shape index (κ1) is 45.2. The van der Waals surface area contributed by atoms with Gasteiger partial charge in [0.25, 0.3) is 11.7 Å². The minimum atomic E-state index is -2.50. The van der Waals surface area contributed by atoms with Gasteiger partial charge in [-0.05, 0) is 89.0 Å². The summed E-state index contributed by atoms with van der Waals surface area (Å²) in [5, 5.41) is 33.9. The number of allylic oxidation sites excluding steroid dienone is 3. The average Bonchev–Trinajstić information content (AvgIpc) is 3.15. The van der Waals surface area contributed by atoms with Crippen molar-refractivity contribution in [3.05, 3.63) is 23.3 Å². The standard InChI is InChI=1S/C42H67NO12/c1-23-16-24(2)18-35(52-8)38-36(53-9)20-27(5)42(50,55-38)39(47)40(48)43-15-11-10-12-30(43)41(49)54-37(28(6)33(46)22-32(45)25(3)17-23)26(4)19-29-13-14-31(44)34(21-29)51-7/h17,19,24-25,27-31,33-38,44,46,50H,10-16,18,20-22H2,1-9H3/b23-17+,26-19+/t24-,25+,27+,28+,29?,30-,31+,33-,34+,35-,36-,37+,38+,42+/m0/s1. The van der Waals surface area contributed by atoms with Crippen LogP contribution in [0.1, 0.15) is 106 Å². The van der Waals surface area contributed by atoms with Gasteiger partial charge in [-0.2, -0.15) is 0 Å². The molecule has 0 spiro atoms. The number of piperidine rings is 1. The highest BCUT2D eigenvalue weighted by Crippen LogP contribution is 2.39. The van der Waals surface area contributed by atoms with Gasteiger partial charge in [0.15, 0.2) is 0 Å². The maximum absolute atomic E-state index is 14.2. The molecule has 4 rings (SSSR count). The monoisotopic (exact) mass is 777 g/mol. The van der Waals surface area contributed by atoms with Crippen LogP contribution in [0.5, 0.6) is 0 Å². The van der Waals surface area contributed by atoms with E-state index < -0.39 is 83.9 Å². The third kappa shape index (κ3) is 10.7. The molecule has 0 aromatic rings. The molecule has 14 atom stereocenters. The number of ketones is 2. The number of hydrogen-bond acceptors (Lipinski definition) is 12. The lowest BCUT2D eigenvalue weighted by Gasteiger charge is -2.47. The van der Waals surface area contributed by atoms with Crippen molar-refractivity contribution in [3.63, 3.8) is 0 Å². The molecule has 1 amide bonds. The van der Waals surface area contributed by atoms with Gasteiger partial charge in [0, 0.05) is 52.0 Å². The van der Waals surface area contributed by atoms with Crippen LogP contribution in [0.25, 0.3) is 0 Å². The molecule has 3 N–H and O–H groups in total. The van der Waals surface area contributed by atoms with Crippen LogP contribution >= 0.6 is 0 Å². The van der Waals surface area contributed by atoms with Gasteiger partial charge in [-0.3, -0.25) is 14.4 Å². The van der Waals surface area contributed by atoms with Crippen molar-refractivity contribution >= 4 is 23.4 Å². The molecular weight excluding hydrogens is 710 g/mol. The molecule has 1 unspecified atom stereocenters. The number of carbonyl (C=O) groups is 4. The van der Waals surface area contributed by atoms with Crippen LogP contribution in [-0.2, 0) is 42.9 Å². The molecule has 1 saturated carbocycles. The van der Waals surface area contributed by atoms with Crippen molar-refractivity contribution in [1.29, 1.82) is 0 Å². The molecule has 13 heteroatoms. The highest BCUT2D eigenvalue weighted by molar-refractivity contribution is 6.39. The highest BCUT2D eigenvalue weighted by atomic mass is 16.7. The van der Waals surface area contributed by atoms with E-state index in [-0.39, 0.29) is 49.5 Å². The second-order valence-corrected chi connectivity index (χ2v) is 16.9. The van der Waals surface area contributed by atoms with Gasteiger partial charge in [0.1, 0.15) is 24.0 Å². The van der Waals surface area contributed by atoms with Crippen LogP contribution < -0.4 is 0 Å². The highest BCUT2D eigenvalue weighted by Gasteiger charge is 2.56. The van der Waals surface area contributed by atoms with Crippen LogP contribution in [0.2, 0.25) is 0 Å². The van der Waals surface area contributed by atoms with Gasteiger partial charge in [-0.25, -0.2) is 4.79 Å². The van der Waals surface area contributed by atoms with Crippen LogP contribution in [-0.4, -0.2) is 126 Å². The number of cyclic esters (lactones) is 1. The normalized spacial score (nSPS) is 42.1. The van der Waals surface area contributed by atoms with E-state index in [0.29, 0.717) is 50.5 Å². The molecule has 0 aromatic carbocycles. The fourth-order valence-electron chi connectivity index (χ4n) is 9.16. The molecule has 3 aliphatic heterocycles. The number of Topliss-reactive ketones (excluding diaryl/α,β-unsaturated/α-hetero) is 2. The van der Waals surface area contributed by atoms with E-state index in [1.807, 2.05) is 32.9 Å². The maximum Gasteiger partial charge on any atom is 0.329 e. The minimum Gasteiger partial charge on any atom is -0.456 e.